The molecule has 2 aliphatic heterocycles. The number of carbonyl (C=O) groups is 2. The van der Waals surface area contributed by atoms with Crippen LogP contribution in [0.2, 0.25) is 0 Å². The van der Waals surface area contributed by atoms with Crippen LogP contribution in [0.3, 0.4) is 0 Å². The van der Waals surface area contributed by atoms with Crippen LogP contribution >= 0.6 is 0 Å². The van der Waals surface area contributed by atoms with Crippen molar-refractivity contribution >= 4 is 22.0 Å². The summed E-state index contributed by atoms with van der Waals surface area (Å²) in [4.78, 5) is 25.8. The molecule has 0 spiro atoms. The van der Waals surface area contributed by atoms with Crippen molar-refractivity contribution in [2.45, 2.75) is 30.3 Å². The third-order valence-corrected chi connectivity index (χ3v) is 5.59. The monoisotopic (exact) mass is 328 g/mol. The number of hydrogen-bond acceptors (Lipinski definition) is 6. The van der Waals surface area contributed by atoms with E-state index in [0.29, 0.717) is 19.5 Å². The zero-order valence-corrected chi connectivity index (χ0v) is 12.6. The number of nitrogens with zero attached hydrogens (tertiary/aromatic N) is 1. The highest BCUT2D eigenvalue weighted by molar-refractivity contribution is 7.89. The van der Waals surface area contributed by atoms with Gasteiger partial charge in [-0.25, -0.2) is 18.0 Å². The Balaban J connectivity index is 1.73. The van der Waals surface area contributed by atoms with Gasteiger partial charge in [-0.15, -0.1) is 0 Å². The number of carbonyl (C=O) groups excluding carboxylic acids is 2. The Morgan fingerprint density at radius 3 is 2.73 bits per heavy atom. The lowest BCUT2D eigenvalue weighted by Gasteiger charge is -2.13. The fourth-order valence-corrected chi connectivity index (χ4v) is 4.01. The molecule has 1 aromatic heterocycles. The van der Waals surface area contributed by atoms with Crippen LogP contribution in [0.5, 0.6) is 0 Å². The second-order valence-electron chi connectivity index (χ2n) is 5.21. The summed E-state index contributed by atoms with van der Waals surface area (Å²) in [5.41, 5.74) is -0.00234. The first kappa shape index (κ1) is 15.0. The van der Waals surface area contributed by atoms with Gasteiger partial charge < -0.3 is 14.5 Å². The van der Waals surface area contributed by atoms with Gasteiger partial charge in [-0.2, -0.15) is 4.31 Å². The van der Waals surface area contributed by atoms with Gasteiger partial charge in [-0.3, -0.25) is 0 Å². The van der Waals surface area contributed by atoms with Gasteiger partial charge in [0.1, 0.15) is 10.6 Å². The van der Waals surface area contributed by atoms with E-state index in [9.17, 15) is 18.0 Å². The summed E-state index contributed by atoms with van der Waals surface area (Å²) >= 11 is 0. The average Bonchev–Trinajstić information content (AvgIpc) is 3.20. The van der Waals surface area contributed by atoms with Gasteiger partial charge >= 0.3 is 11.9 Å². The molecule has 1 aromatic rings. The average molecular weight is 328 g/mol. The molecule has 120 valence electrons. The van der Waals surface area contributed by atoms with Crippen LogP contribution < -0.4 is 0 Å². The quantitative estimate of drug-likeness (QED) is 0.795. The smallest absolute Gasteiger partial charge is 0.355 e. The molecule has 3 heterocycles. The summed E-state index contributed by atoms with van der Waals surface area (Å²) < 4.78 is 35.8. The second kappa shape index (κ2) is 5.73. The van der Waals surface area contributed by atoms with Gasteiger partial charge in [-0.05, 0) is 18.9 Å². The molecular weight excluding hydrogens is 312 g/mol. The van der Waals surface area contributed by atoms with Crippen molar-refractivity contribution in [2.24, 2.45) is 0 Å². The highest BCUT2D eigenvalue weighted by Crippen LogP contribution is 2.22. The third kappa shape index (κ3) is 2.73. The van der Waals surface area contributed by atoms with Gasteiger partial charge in [0.05, 0.1) is 6.61 Å². The fourth-order valence-electron chi connectivity index (χ4n) is 2.50. The minimum absolute atomic E-state index is 0.00234. The van der Waals surface area contributed by atoms with Gasteiger partial charge in [-0.1, -0.05) is 0 Å². The molecule has 9 heteroatoms. The molecule has 22 heavy (non-hydrogen) atoms. The van der Waals surface area contributed by atoms with Crippen molar-refractivity contribution in [1.82, 2.24) is 9.29 Å². The molecule has 0 saturated carbocycles. The molecule has 2 fully saturated rings. The Labute approximate surface area is 127 Å². The predicted octanol–water partition coefficient (Wildman–Crippen LogP) is 0.271. The zero-order chi connectivity index (χ0) is 15.7. The third-order valence-electron chi connectivity index (χ3n) is 3.72. The number of sulfonamides is 1. The van der Waals surface area contributed by atoms with Gasteiger partial charge in [0, 0.05) is 25.7 Å². The molecule has 3 rings (SSSR count). The van der Waals surface area contributed by atoms with E-state index in [2.05, 4.69) is 4.98 Å². The molecule has 0 unspecified atom stereocenters. The first-order valence-electron chi connectivity index (χ1n) is 7.04. The number of aromatic nitrogens is 1. The number of esters is 2. The van der Waals surface area contributed by atoms with Crippen molar-refractivity contribution in [1.29, 1.82) is 0 Å². The summed E-state index contributed by atoms with van der Waals surface area (Å²) in [6.45, 7) is 1.19. The summed E-state index contributed by atoms with van der Waals surface area (Å²) in [5.74, 6) is -1.35. The van der Waals surface area contributed by atoms with Crippen molar-refractivity contribution in [3.05, 3.63) is 18.0 Å². The summed E-state index contributed by atoms with van der Waals surface area (Å²) in [5, 5.41) is 0. The number of hydrogen-bond donors (Lipinski definition) is 1. The largest absolute Gasteiger partial charge is 0.463 e. The topological polar surface area (TPSA) is 106 Å². The molecule has 2 saturated heterocycles. The Bertz CT molecular complexity index is 689. The van der Waals surface area contributed by atoms with E-state index in [-0.39, 0.29) is 17.2 Å². The van der Waals surface area contributed by atoms with Crippen LogP contribution in [0.25, 0.3) is 0 Å². The van der Waals surface area contributed by atoms with Crippen LogP contribution in [0, 0.1) is 0 Å². The van der Waals surface area contributed by atoms with E-state index in [1.54, 1.807) is 0 Å². The summed E-state index contributed by atoms with van der Waals surface area (Å²) in [6.07, 6.45) is 2.32. The van der Waals surface area contributed by atoms with Crippen LogP contribution in [-0.2, 0) is 24.3 Å². The minimum atomic E-state index is -3.59. The van der Waals surface area contributed by atoms with Crippen LogP contribution in [-0.4, -0.2) is 55.4 Å². The molecule has 0 amide bonds. The summed E-state index contributed by atoms with van der Waals surface area (Å²) in [7, 11) is -3.59. The number of rotatable bonds is 4. The summed E-state index contributed by atoms with van der Waals surface area (Å²) in [6, 6.07) is 1.23. The number of H-pyrrole nitrogens is 1. The molecule has 0 aromatic carbocycles. The van der Waals surface area contributed by atoms with E-state index in [1.165, 1.54) is 16.6 Å². The molecular formula is C13H16N2O6S. The highest BCUT2D eigenvalue weighted by atomic mass is 32.2. The lowest BCUT2D eigenvalue weighted by atomic mass is 10.3. The van der Waals surface area contributed by atoms with Crippen molar-refractivity contribution in [2.75, 3.05) is 19.7 Å². The maximum absolute atomic E-state index is 12.3. The first-order chi connectivity index (χ1) is 10.5. The lowest BCUT2D eigenvalue weighted by Crippen LogP contribution is -2.27. The first-order valence-corrected chi connectivity index (χ1v) is 8.49. The standard InChI is InChI=1S/C13H16N2O6S/c16-12(21-11-3-6-20-13(11)17)10-7-9(8-14-10)22(18,19)15-4-1-2-5-15/h7-8,11,14H,1-6H2/t11-/m0/s1. The second-order valence-corrected chi connectivity index (χ2v) is 7.15. The van der Waals surface area contributed by atoms with Crippen molar-refractivity contribution in [3.63, 3.8) is 0 Å². The van der Waals surface area contributed by atoms with Gasteiger partial charge in [0.2, 0.25) is 16.1 Å². The Morgan fingerprint density at radius 1 is 1.36 bits per heavy atom. The predicted molar refractivity (Wildman–Crippen MR) is 73.6 cm³/mol. The number of cyclic esters (lactones) is 1. The van der Waals surface area contributed by atoms with Gasteiger partial charge in [0.25, 0.3) is 0 Å². The molecule has 0 aliphatic carbocycles. The number of ether oxygens (including phenoxy) is 2. The van der Waals surface area contributed by atoms with Crippen LogP contribution in [0.15, 0.2) is 17.2 Å². The van der Waals surface area contributed by atoms with E-state index in [4.69, 9.17) is 9.47 Å². The number of nitrogens with one attached hydrogen (secondary N) is 1. The van der Waals surface area contributed by atoms with E-state index in [1.807, 2.05) is 0 Å². The van der Waals surface area contributed by atoms with Crippen LogP contribution in [0.4, 0.5) is 0 Å². The molecule has 0 bridgehead atoms. The van der Waals surface area contributed by atoms with E-state index < -0.39 is 28.1 Å². The minimum Gasteiger partial charge on any atom is -0.463 e. The molecule has 8 nitrogen and oxygen atoms in total. The highest BCUT2D eigenvalue weighted by Gasteiger charge is 2.32. The fraction of sp³-hybridized carbons (Fsp3) is 0.538. The molecule has 1 N–H and O–H groups in total. The maximum Gasteiger partial charge on any atom is 0.355 e. The molecule has 0 radical (unpaired) electrons. The number of aromatic amines is 1. The SMILES string of the molecule is O=C(O[C@H]1CCOC1=O)c1cc(S(=O)(=O)N2CCCC2)c[nH]1. The van der Waals surface area contributed by atoms with Crippen LogP contribution in [0.1, 0.15) is 29.8 Å². The zero-order valence-electron chi connectivity index (χ0n) is 11.8. The Kier molecular flexibility index (Phi) is 3.92. The Hall–Kier alpha value is -1.87. The van der Waals surface area contributed by atoms with E-state index in [0.717, 1.165) is 12.8 Å². The van der Waals surface area contributed by atoms with E-state index >= 15 is 0 Å². The Morgan fingerprint density at radius 2 is 2.09 bits per heavy atom. The lowest BCUT2D eigenvalue weighted by molar-refractivity contribution is -0.145. The maximum atomic E-state index is 12.3. The molecule has 1 atom stereocenters. The molecule has 2 aliphatic rings. The van der Waals surface area contributed by atoms with Gasteiger partial charge in [0.15, 0.2) is 0 Å². The van der Waals surface area contributed by atoms with Crippen molar-refractivity contribution in [3.8, 4) is 0 Å². The van der Waals surface area contributed by atoms with Crippen molar-refractivity contribution < 1.29 is 27.5 Å². The normalized spacial score (nSPS) is 22.7.